The van der Waals surface area contributed by atoms with Crippen molar-refractivity contribution in [3.8, 4) is 0 Å². The highest BCUT2D eigenvalue weighted by Gasteiger charge is 2.12. The Balaban J connectivity index is 1.77. The highest BCUT2D eigenvalue weighted by molar-refractivity contribution is 7.07. The molecule has 0 aliphatic carbocycles. The molecule has 1 atom stereocenters. The van der Waals surface area contributed by atoms with Crippen LogP contribution >= 0.6 is 11.3 Å². The van der Waals surface area contributed by atoms with Gasteiger partial charge in [-0.1, -0.05) is 5.16 Å². The third-order valence-corrected chi connectivity index (χ3v) is 3.19. The van der Waals surface area contributed by atoms with Crippen molar-refractivity contribution in [1.82, 2.24) is 10.5 Å². The smallest absolute Gasteiger partial charge is 0.273 e. The van der Waals surface area contributed by atoms with Gasteiger partial charge in [0.25, 0.3) is 5.91 Å². The summed E-state index contributed by atoms with van der Waals surface area (Å²) in [6.07, 6.45) is -0.0742. The monoisotopic (exact) mass is 266 g/mol. The Morgan fingerprint density at radius 2 is 2.50 bits per heavy atom. The van der Waals surface area contributed by atoms with Crippen molar-refractivity contribution in [3.63, 3.8) is 0 Å². The van der Waals surface area contributed by atoms with Gasteiger partial charge in [0.2, 0.25) is 0 Å². The van der Waals surface area contributed by atoms with Crippen molar-refractivity contribution in [2.75, 3.05) is 6.54 Å². The summed E-state index contributed by atoms with van der Waals surface area (Å²) in [7, 11) is 0. The molecule has 0 aliphatic rings. The molecule has 0 radical (unpaired) electrons. The summed E-state index contributed by atoms with van der Waals surface area (Å²) in [6, 6.07) is 3.45. The summed E-state index contributed by atoms with van der Waals surface area (Å²) in [5.41, 5.74) is 1.14. The van der Waals surface area contributed by atoms with Gasteiger partial charge in [0, 0.05) is 12.6 Å². The number of aliphatic hydroxyl groups is 1. The summed E-state index contributed by atoms with van der Waals surface area (Å²) in [5.74, 6) is 0.308. The SMILES string of the molecule is Cc1cc(C(=O)NCCC(O)c2ccsc2)no1. The van der Waals surface area contributed by atoms with Crippen molar-refractivity contribution < 1.29 is 14.4 Å². The number of carbonyl (C=O) groups is 1. The quantitative estimate of drug-likeness (QED) is 0.866. The molecule has 0 aliphatic heterocycles. The second kappa shape index (κ2) is 5.79. The van der Waals surface area contributed by atoms with Crippen LogP contribution in [-0.4, -0.2) is 22.7 Å². The summed E-state index contributed by atoms with van der Waals surface area (Å²) in [6.45, 7) is 2.12. The van der Waals surface area contributed by atoms with Gasteiger partial charge < -0.3 is 14.9 Å². The lowest BCUT2D eigenvalue weighted by atomic mass is 10.1. The number of aromatic nitrogens is 1. The Morgan fingerprint density at radius 3 is 3.11 bits per heavy atom. The van der Waals surface area contributed by atoms with E-state index in [1.165, 1.54) is 11.3 Å². The fraction of sp³-hybridized carbons (Fsp3) is 0.333. The average molecular weight is 266 g/mol. The Bertz CT molecular complexity index is 507. The summed E-state index contributed by atoms with van der Waals surface area (Å²) < 4.78 is 4.81. The Labute approximate surface area is 108 Å². The third-order valence-electron chi connectivity index (χ3n) is 2.49. The summed E-state index contributed by atoms with van der Waals surface area (Å²) in [4.78, 5) is 11.6. The molecule has 2 heterocycles. The Hall–Kier alpha value is -1.66. The predicted molar refractivity (Wildman–Crippen MR) is 67.5 cm³/mol. The molecular weight excluding hydrogens is 252 g/mol. The van der Waals surface area contributed by atoms with Gasteiger partial charge in [0.1, 0.15) is 5.76 Å². The van der Waals surface area contributed by atoms with Crippen LogP contribution in [0.1, 0.15) is 34.3 Å². The largest absolute Gasteiger partial charge is 0.388 e. The van der Waals surface area contributed by atoms with Crippen LogP contribution in [0.2, 0.25) is 0 Å². The molecule has 0 spiro atoms. The number of rotatable bonds is 5. The van der Waals surface area contributed by atoms with Crippen molar-refractivity contribution in [2.24, 2.45) is 0 Å². The minimum Gasteiger partial charge on any atom is -0.388 e. The normalized spacial score (nSPS) is 12.3. The van der Waals surface area contributed by atoms with E-state index in [1.54, 1.807) is 13.0 Å². The third kappa shape index (κ3) is 3.18. The molecule has 0 fully saturated rings. The van der Waals surface area contributed by atoms with Crippen LogP contribution in [0.5, 0.6) is 0 Å². The minimum absolute atomic E-state index is 0.262. The molecule has 18 heavy (non-hydrogen) atoms. The van der Waals surface area contributed by atoms with E-state index in [1.807, 2.05) is 16.8 Å². The number of nitrogens with one attached hydrogen (secondary N) is 1. The first-order valence-electron chi connectivity index (χ1n) is 5.58. The first-order chi connectivity index (χ1) is 8.66. The predicted octanol–water partition coefficient (Wildman–Crippen LogP) is 1.90. The molecule has 2 N–H and O–H groups in total. The summed E-state index contributed by atoms with van der Waals surface area (Å²) in [5, 5.41) is 19.9. The number of nitrogens with zero attached hydrogens (tertiary/aromatic N) is 1. The molecular formula is C12H14N2O3S. The lowest BCUT2D eigenvalue weighted by molar-refractivity contribution is 0.0933. The minimum atomic E-state index is -0.546. The van der Waals surface area contributed by atoms with Crippen LogP contribution in [0.15, 0.2) is 27.4 Å². The fourth-order valence-electron chi connectivity index (χ4n) is 1.52. The van der Waals surface area contributed by atoms with Gasteiger partial charge in [0.15, 0.2) is 5.69 Å². The number of carbonyl (C=O) groups excluding carboxylic acids is 1. The maximum absolute atomic E-state index is 11.6. The fourth-order valence-corrected chi connectivity index (χ4v) is 2.22. The van der Waals surface area contributed by atoms with Gasteiger partial charge in [-0.25, -0.2) is 0 Å². The van der Waals surface area contributed by atoms with Gasteiger partial charge in [-0.2, -0.15) is 11.3 Å². The van der Waals surface area contributed by atoms with Gasteiger partial charge >= 0.3 is 0 Å². The highest BCUT2D eigenvalue weighted by Crippen LogP contribution is 2.18. The maximum atomic E-state index is 11.6. The molecule has 5 nitrogen and oxygen atoms in total. The zero-order valence-electron chi connectivity index (χ0n) is 9.92. The van der Waals surface area contributed by atoms with E-state index in [2.05, 4.69) is 10.5 Å². The molecule has 0 aromatic carbocycles. The second-order valence-electron chi connectivity index (χ2n) is 3.94. The second-order valence-corrected chi connectivity index (χ2v) is 4.72. The van der Waals surface area contributed by atoms with E-state index in [0.29, 0.717) is 18.7 Å². The summed E-state index contributed by atoms with van der Waals surface area (Å²) >= 11 is 1.54. The molecule has 0 bridgehead atoms. The molecule has 2 rings (SSSR count). The maximum Gasteiger partial charge on any atom is 0.273 e. The highest BCUT2D eigenvalue weighted by atomic mass is 32.1. The van der Waals surface area contributed by atoms with Crippen molar-refractivity contribution in [1.29, 1.82) is 0 Å². The Morgan fingerprint density at radius 1 is 1.67 bits per heavy atom. The van der Waals surface area contributed by atoms with Crippen molar-refractivity contribution in [3.05, 3.63) is 39.9 Å². The van der Waals surface area contributed by atoms with Gasteiger partial charge in [-0.15, -0.1) is 0 Å². The van der Waals surface area contributed by atoms with Crippen LogP contribution < -0.4 is 5.32 Å². The first-order valence-corrected chi connectivity index (χ1v) is 6.53. The van der Waals surface area contributed by atoms with Gasteiger partial charge in [0.05, 0.1) is 6.10 Å². The first kappa shape index (κ1) is 12.8. The standard InChI is InChI=1S/C12H14N2O3S/c1-8-6-10(14-17-8)12(16)13-4-2-11(15)9-3-5-18-7-9/h3,5-7,11,15H,2,4H2,1H3,(H,13,16). The number of thiophene rings is 1. The molecule has 1 unspecified atom stereocenters. The average Bonchev–Trinajstić information content (AvgIpc) is 2.99. The van der Waals surface area contributed by atoms with Crippen LogP contribution in [-0.2, 0) is 0 Å². The number of hydrogen-bond donors (Lipinski definition) is 2. The van der Waals surface area contributed by atoms with E-state index < -0.39 is 6.10 Å². The van der Waals surface area contributed by atoms with Crippen LogP contribution in [0.4, 0.5) is 0 Å². The molecule has 2 aromatic rings. The lowest BCUT2D eigenvalue weighted by Gasteiger charge is -2.08. The topological polar surface area (TPSA) is 75.4 Å². The van der Waals surface area contributed by atoms with Crippen LogP contribution in [0.25, 0.3) is 0 Å². The van der Waals surface area contributed by atoms with E-state index in [4.69, 9.17) is 4.52 Å². The molecule has 2 aromatic heterocycles. The number of hydrogen-bond acceptors (Lipinski definition) is 5. The number of amides is 1. The lowest BCUT2D eigenvalue weighted by Crippen LogP contribution is -2.25. The van der Waals surface area contributed by atoms with E-state index in [9.17, 15) is 9.90 Å². The molecule has 96 valence electrons. The number of aliphatic hydroxyl groups excluding tert-OH is 1. The zero-order valence-corrected chi connectivity index (χ0v) is 10.7. The Kier molecular flexibility index (Phi) is 4.11. The molecule has 6 heteroatoms. The molecule has 0 saturated carbocycles. The van der Waals surface area contributed by atoms with E-state index in [-0.39, 0.29) is 11.6 Å². The molecule has 1 amide bonds. The van der Waals surface area contributed by atoms with Gasteiger partial charge in [-0.05, 0) is 35.7 Å². The van der Waals surface area contributed by atoms with Crippen molar-refractivity contribution in [2.45, 2.75) is 19.4 Å². The zero-order chi connectivity index (χ0) is 13.0. The van der Waals surface area contributed by atoms with E-state index in [0.717, 1.165) is 5.56 Å². The van der Waals surface area contributed by atoms with Crippen LogP contribution in [0.3, 0.4) is 0 Å². The number of aryl methyl sites for hydroxylation is 1. The van der Waals surface area contributed by atoms with Crippen LogP contribution in [0, 0.1) is 6.92 Å². The molecule has 0 saturated heterocycles. The van der Waals surface area contributed by atoms with E-state index >= 15 is 0 Å². The van der Waals surface area contributed by atoms with Crippen molar-refractivity contribution >= 4 is 17.2 Å². The van der Waals surface area contributed by atoms with Gasteiger partial charge in [-0.3, -0.25) is 4.79 Å².